The van der Waals surface area contributed by atoms with Crippen LogP contribution in [0.5, 0.6) is 0 Å². The Morgan fingerprint density at radius 1 is 0.271 bits per heavy atom. The monoisotopic (exact) mass is 1270 g/mol. The number of unbranched alkanes of at least 4 members (excludes halogenated alkanes) is 1. The third-order valence-corrected chi connectivity index (χ3v) is 16.6. The highest BCUT2D eigenvalue weighted by molar-refractivity contribution is 7.85. The van der Waals surface area contributed by atoms with Crippen LogP contribution in [0.25, 0.3) is 0 Å². The van der Waals surface area contributed by atoms with Gasteiger partial charge in [0.15, 0.2) is 44.0 Å². The molecule has 0 radical (unpaired) electrons. The zero-order valence-corrected chi connectivity index (χ0v) is 45.5. The SMILES string of the molecule is O=S(=O)(O)CCCCOC[C@H]1O[C@@H]2O[C@H]3[C@H](O)[C@@H](O)[C@@H](O[C@H]4[C@H](O)[C@@H](O)[C@@H](O[C@H]5[C@H](O)[C@@H](O)[C@@H](O[C@H]6[C@H](O)[C@@H](O)[C@@H](O[C@H]7[C@H](O)[C@@H](O)[C@@H](O[C@H]8[C@H](O)[C@@H](O)[C@@H](O[C@H]1[C@H](O)[C@H]2O)O[C@@H]8CO)O[C@@H]7CO)O[C@@H]6CO)O[C@@H]5CO)O[C@@H]4CO)O[C@@H]3CO. The van der Waals surface area contributed by atoms with E-state index in [9.17, 15) is 111 Å². The minimum absolute atomic E-state index is 0.00367. The summed E-state index contributed by atoms with van der Waals surface area (Å²) in [6.07, 6.45) is -71.4. The van der Waals surface area contributed by atoms with E-state index in [1.807, 2.05) is 0 Å². The Kier molecular flexibility index (Phi) is 24.4. The van der Waals surface area contributed by atoms with E-state index in [-0.39, 0.29) is 19.4 Å². The molecule has 21 N–H and O–H groups in total. The maximum atomic E-state index is 11.7. The Balaban J connectivity index is 1.09. The molecule has 0 unspecified atom stereocenters. The molecule has 38 nitrogen and oxygen atoms in total. The number of ether oxygens (including phenoxy) is 15. The van der Waals surface area contributed by atoms with Crippen LogP contribution in [-0.2, 0) is 81.2 Å². The van der Waals surface area contributed by atoms with Crippen molar-refractivity contribution in [1.82, 2.24) is 0 Å². The summed E-state index contributed by atoms with van der Waals surface area (Å²) in [4.78, 5) is 0. The molecule has 21 aliphatic heterocycles. The molecule has 0 amide bonds. The van der Waals surface area contributed by atoms with Gasteiger partial charge in [0.25, 0.3) is 10.1 Å². The van der Waals surface area contributed by atoms with Gasteiger partial charge in [-0.3, -0.25) is 4.55 Å². The molecule has 0 saturated carbocycles. The molecule has 0 aromatic carbocycles. The maximum Gasteiger partial charge on any atom is 0.264 e. The summed E-state index contributed by atoms with van der Waals surface area (Å²) in [5.74, 6) is -0.649. The molecule has 0 aliphatic carbocycles. The summed E-state index contributed by atoms with van der Waals surface area (Å²) in [6.45, 7) is -7.34. The summed E-state index contributed by atoms with van der Waals surface area (Å²) in [5.41, 5.74) is 0. The molecule has 21 aliphatic rings. The molecule has 85 heavy (non-hydrogen) atoms. The summed E-state index contributed by atoms with van der Waals surface area (Å²) >= 11 is 0. The van der Waals surface area contributed by atoms with Gasteiger partial charge in [0.2, 0.25) is 0 Å². The Morgan fingerprint density at radius 3 is 0.647 bits per heavy atom. The van der Waals surface area contributed by atoms with Gasteiger partial charge in [-0.15, -0.1) is 0 Å². The largest absolute Gasteiger partial charge is 0.394 e. The van der Waals surface area contributed by atoms with Crippen molar-refractivity contribution in [2.24, 2.45) is 0 Å². The topological polar surface area (TPSA) is 597 Å². The first-order valence-corrected chi connectivity index (χ1v) is 28.8. The highest BCUT2D eigenvalue weighted by atomic mass is 32.2. The second-order valence-electron chi connectivity index (χ2n) is 21.5. The number of rotatable bonds is 13. The van der Waals surface area contributed by atoms with Gasteiger partial charge < -0.3 is 173 Å². The van der Waals surface area contributed by atoms with E-state index < -0.39 is 277 Å². The summed E-state index contributed by atoms with van der Waals surface area (Å²) in [5, 5.41) is 222. The third-order valence-electron chi connectivity index (χ3n) is 15.8. The van der Waals surface area contributed by atoms with Crippen molar-refractivity contribution in [3.05, 3.63) is 0 Å². The summed E-state index contributed by atoms with van der Waals surface area (Å²) in [7, 11) is -4.37. The summed E-state index contributed by atoms with van der Waals surface area (Å²) in [6, 6.07) is 0. The fraction of sp³-hybridized carbons (Fsp3) is 1.00. The zero-order chi connectivity index (χ0) is 62.1. The van der Waals surface area contributed by atoms with Crippen LogP contribution in [0, 0.1) is 0 Å². The molecule has 0 spiro atoms. The first-order valence-electron chi connectivity index (χ1n) is 27.2. The van der Waals surface area contributed by atoms with Crippen LogP contribution >= 0.6 is 0 Å². The predicted octanol–water partition coefficient (Wildman–Crippen LogP) is -14.5. The van der Waals surface area contributed by atoms with E-state index in [4.69, 9.17) is 75.6 Å². The van der Waals surface area contributed by atoms with Crippen molar-refractivity contribution in [2.45, 2.75) is 228 Å². The zero-order valence-electron chi connectivity index (χ0n) is 44.7. The molecule has 0 aromatic heterocycles. The van der Waals surface area contributed by atoms with E-state index in [2.05, 4.69) is 0 Å². The molecule has 21 heterocycles. The van der Waals surface area contributed by atoms with Gasteiger partial charge >= 0.3 is 0 Å². The van der Waals surface area contributed by atoms with Crippen molar-refractivity contribution in [1.29, 1.82) is 0 Å². The molecule has 21 rings (SSSR count). The normalized spacial score (nSPS) is 51.5. The van der Waals surface area contributed by atoms with Crippen molar-refractivity contribution < 1.29 is 186 Å². The molecular weight excluding hydrogens is 1190 g/mol. The first-order chi connectivity index (χ1) is 40.3. The van der Waals surface area contributed by atoms with E-state index >= 15 is 0 Å². The average Bonchev–Trinajstić information content (AvgIpc) is 3.55. The van der Waals surface area contributed by atoms with Crippen LogP contribution in [0.15, 0.2) is 0 Å². The first kappa shape index (κ1) is 69.4. The lowest BCUT2D eigenvalue weighted by atomic mass is 9.95. The molecule has 14 bridgehead atoms. The second-order valence-corrected chi connectivity index (χ2v) is 23.1. The number of hydrogen-bond donors (Lipinski definition) is 21. The van der Waals surface area contributed by atoms with Crippen molar-refractivity contribution in [3.8, 4) is 0 Å². The van der Waals surface area contributed by atoms with Crippen molar-refractivity contribution in [3.63, 3.8) is 0 Å². The summed E-state index contributed by atoms with van der Waals surface area (Å²) < 4.78 is 118. The van der Waals surface area contributed by atoms with E-state index in [0.717, 1.165) is 0 Å². The molecular formula is C46H78O38S. The molecule has 496 valence electrons. The van der Waals surface area contributed by atoms with Gasteiger partial charge in [-0.2, -0.15) is 8.42 Å². The number of aliphatic hydroxyl groups is 20. The van der Waals surface area contributed by atoms with E-state index in [1.54, 1.807) is 0 Å². The Labute approximate surface area is 481 Å². The standard InChI is InChI=1S/C46H78O38S/c47-5-12-33-20(54)27(61)41(72-12)80-35-14(7-49)74-43(29(63)22(35)56)82-37-16(9-51)76-45(31(65)24(37)58)84-39-18(11-70-3-1-2-4-85(67,68)69)77-46(32(66)25(39)59)83-38-17(10-52)75-44(30(64)23(38)57)81-36-15(8-50)73-42(28(62)21(36)55)79-34-13(6-48)71-40(78-33)26(60)19(34)53/h12-66H,1-11H2,(H,67,68,69)/t12-,13-,14-,15-,16-,17-,18-,19-,20-,21-,22-,23-,24-,25-,26-,27-,28-,29-,30-,31-,32-,33-,34-,35-,36-,37-,38-,39-,40-,41-,42-,43-,44-,45-,46-/m1/s1. The van der Waals surface area contributed by atoms with E-state index in [0.29, 0.717) is 0 Å². The van der Waals surface area contributed by atoms with Crippen LogP contribution in [-0.4, -0.2) is 389 Å². The van der Waals surface area contributed by atoms with Crippen molar-refractivity contribution >= 4 is 10.1 Å². The smallest absolute Gasteiger partial charge is 0.264 e. The Bertz CT molecular complexity index is 2150. The number of aliphatic hydroxyl groups excluding tert-OH is 20. The van der Waals surface area contributed by atoms with Gasteiger partial charge in [0.05, 0.1) is 52.0 Å². The van der Waals surface area contributed by atoms with Crippen LogP contribution < -0.4 is 0 Å². The maximum absolute atomic E-state index is 11.7. The quantitative estimate of drug-likeness (QED) is 0.0601. The lowest BCUT2D eigenvalue weighted by molar-refractivity contribution is -0.397. The van der Waals surface area contributed by atoms with E-state index in [1.165, 1.54) is 0 Å². The highest BCUT2D eigenvalue weighted by Crippen LogP contribution is 2.39. The van der Waals surface area contributed by atoms with Gasteiger partial charge in [-0.25, -0.2) is 0 Å². The van der Waals surface area contributed by atoms with Crippen LogP contribution in [0.1, 0.15) is 12.8 Å². The Morgan fingerprint density at radius 2 is 0.459 bits per heavy atom. The predicted molar refractivity (Wildman–Crippen MR) is 258 cm³/mol. The molecule has 35 atom stereocenters. The number of hydrogen-bond acceptors (Lipinski definition) is 37. The van der Waals surface area contributed by atoms with Crippen LogP contribution in [0.4, 0.5) is 0 Å². The fourth-order valence-corrected chi connectivity index (χ4v) is 11.7. The average molecular weight is 1270 g/mol. The van der Waals surface area contributed by atoms with Crippen LogP contribution in [0.3, 0.4) is 0 Å². The molecule has 21 saturated heterocycles. The van der Waals surface area contributed by atoms with Gasteiger partial charge in [-0.05, 0) is 12.8 Å². The minimum Gasteiger partial charge on any atom is -0.394 e. The lowest BCUT2D eigenvalue weighted by Crippen LogP contribution is -2.68. The molecule has 21 fully saturated rings. The molecule has 0 aromatic rings. The van der Waals surface area contributed by atoms with Crippen LogP contribution in [0.2, 0.25) is 0 Å². The Hall–Kier alpha value is -1.49. The second kappa shape index (κ2) is 29.9. The van der Waals surface area contributed by atoms with Gasteiger partial charge in [0, 0.05) is 6.61 Å². The lowest BCUT2D eigenvalue weighted by Gasteiger charge is -2.50. The van der Waals surface area contributed by atoms with Crippen molar-refractivity contribution in [2.75, 3.05) is 58.6 Å². The highest BCUT2D eigenvalue weighted by Gasteiger charge is 2.59. The fourth-order valence-electron chi connectivity index (χ4n) is 11.1. The van der Waals surface area contributed by atoms with Gasteiger partial charge in [0.1, 0.15) is 171 Å². The molecule has 39 heteroatoms. The van der Waals surface area contributed by atoms with Gasteiger partial charge in [-0.1, -0.05) is 0 Å². The minimum atomic E-state index is -4.37. The third kappa shape index (κ3) is 15.1.